The predicted molar refractivity (Wildman–Crippen MR) is 94.3 cm³/mol. The van der Waals surface area contributed by atoms with Gasteiger partial charge >= 0.3 is 0 Å². The second-order valence-corrected chi connectivity index (χ2v) is 9.10. The molecule has 8 atom stereocenters. The quantitative estimate of drug-likeness (QED) is 0.504. The van der Waals surface area contributed by atoms with Crippen molar-refractivity contribution < 1.29 is 29.5 Å². The van der Waals surface area contributed by atoms with Crippen molar-refractivity contribution in [3.63, 3.8) is 0 Å². The minimum Gasteiger partial charge on any atom is -0.388 e. The standard InChI is InChI=1S/C20H30O6/c1-10-7-15-17(25-15)20(4,23)6-5-11-12-8-14(16(21)19(2,3)22)26-18(12)24-9-13(10)11/h8,11,13-18,21-23H,1,5-7,9H2,2-4H3/t11-,13+,14-,15-,16?,17-,18+,20+/m1/s1. The zero-order chi connectivity index (χ0) is 18.9. The lowest BCUT2D eigenvalue weighted by Crippen LogP contribution is -2.45. The third-order valence-electron chi connectivity index (χ3n) is 6.43. The minimum atomic E-state index is -1.26. The van der Waals surface area contributed by atoms with Gasteiger partial charge in [0.15, 0.2) is 6.29 Å². The average Bonchev–Trinajstić information content (AvgIpc) is 3.18. The molecule has 3 fully saturated rings. The van der Waals surface area contributed by atoms with Crippen molar-refractivity contribution in [1.29, 1.82) is 0 Å². The smallest absolute Gasteiger partial charge is 0.181 e. The van der Waals surface area contributed by atoms with Crippen molar-refractivity contribution >= 4 is 0 Å². The van der Waals surface area contributed by atoms with Crippen LogP contribution in [-0.4, -0.2) is 63.8 Å². The molecule has 3 heterocycles. The highest BCUT2D eigenvalue weighted by atomic mass is 16.7. The van der Waals surface area contributed by atoms with Gasteiger partial charge in [0.2, 0.25) is 0 Å². The van der Waals surface area contributed by atoms with Crippen LogP contribution in [0.25, 0.3) is 0 Å². The van der Waals surface area contributed by atoms with Crippen molar-refractivity contribution in [2.24, 2.45) is 11.8 Å². The first-order valence-corrected chi connectivity index (χ1v) is 9.52. The van der Waals surface area contributed by atoms with E-state index < -0.39 is 29.7 Å². The zero-order valence-electron chi connectivity index (χ0n) is 15.7. The summed E-state index contributed by atoms with van der Waals surface area (Å²) in [6.45, 7) is 9.76. The van der Waals surface area contributed by atoms with Gasteiger partial charge in [-0.25, -0.2) is 0 Å². The highest BCUT2D eigenvalue weighted by Crippen LogP contribution is 2.49. The maximum Gasteiger partial charge on any atom is 0.181 e. The Hall–Kier alpha value is -0.760. The third kappa shape index (κ3) is 3.17. The van der Waals surface area contributed by atoms with E-state index >= 15 is 0 Å². The second-order valence-electron chi connectivity index (χ2n) is 9.10. The first-order chi connectivity index (χ1) is 12.1. The second kappa shape index (κ2) is 6.12. The van der Waals surface area contributed by atoms with Crippen LogP contribution in [0, 0.1) is 11.8 Å². The molecule has 3 N–H and O–H groups in total. The molecule has 0 spiro atoms. The molecule has 3 aliphatic heterocycles. The van der Waals surface area contributed by atoms with E-state index in [1.807, 2.05) is 13.0 Å². The molecular formula is C20H30O6. The fraction of sp³-hybridized carbons (Fsp3) is 0.800. The topological polar surface area (TPSA) is 91.7 Å². The summed E-state index contributed by atoms with van der Waals surface area (Å²) in [6.07, 6.45) is 1.85. The number of hydrogen-bond donors (Lipinski definition) is 3. The van der Waals surface area contributed by atoms with Crippen LogP contribution in [-0.2, 0) is 14.2 Å². The van der Waals surface area contributed by atoms with Gasteiger partial charge in [-0.3, -0.25) is 0 Å². The Morgan fingerprint density at radius 2 is 2.04 bits per heavy atom. The maximum atomic E-state index is 10.8. The molecule has 26 heavy (non-hydrogen) atoms. The molecular weight excluding hydrogens is 336 g/mol. The molecule has 0 bridgehead atoms. The largest absolute Gasteiger partial charge is 0.388 e. The van der Waals surface area contributed by atoms with E-state index in [0.29, 0.717) is 13.0 Å². The van der Waals surface area contributed by atoms with E-state index in [0.717, 1.165) is 24.0 Å². The van der Waals surface area contributed by atoms with Gasteiger partial charge in [0, 0.05) is 5.92 Å². The molecule has 4 rings (SSSR count). The Kier molecular flexibility index (Phi) is 4.38. The van der Waals surface area contributed by atoms with Crippen molar-refractivity contribution in [2.75, 3.05) is 6.61 Å². The van der Waals surface area contributed by atoms with Crippen molar-refractivity contribution in [1.82, 2.24) is 0 Å². The number of rotatable bonds is 2. The van der Waals surface area contributed by atoms with Crippen molar-refractivity contribution in [3.05, 3.63) is 23.8 Å². The van der Waals surface area contributed by atoms with E-state index in [1.54, 1.807) is 13.8 Å². The third-order valence-corrected chi connectivity index (χ3v) is 6.43. The van der Waals surface area contributed by atoms with Crippen LogP contribution in [0.2, 0.25) is 0 Å². The summed E-state index contributed by atoms with van der Waals surface area (Å²) < 4.78 is 17.5. The normalized spacial score (nSPS) is 46.8. The van der Waals surface area contributed by atoms with Gasteiger partial charge < -0.3 is 29.5 Å². The molecule has 146 valence electrons. The van der Waals surface area contributed by atoms with Gasteiger partial charge in [0.05, 0.1) is 23.9 Å². The van der Waals surface area contributed by atoms with Gasteiger partial charge in [-0.15, -0.1) is 0 Å². The lowest BCUT2D eigenvalue weighted by atomic mass is 9.75. The predicted octanol–water partition coefficient (Wildman–Crippen LogP) is 1.29. The SMILES string of the molecule is C=C1C[C@H]2O[C@H]2[C@@](C)(O)CC[C@@H]2C3=C[C@H](C(O)C(C)(C)O)O[C@@H]3OC[C@@H]12. The number of aliphatic hydroxyl groups excluding tert-OH is 1. The summed E-state index contributed by atoms with van der Waals surface area (Å²) in [7, 11) is 0. The van der Waals surface area contributed by atoms with Crippen molar-refractivity contribution in [3.8, 4) is 0 Å². The Labute approximate surface area is 154 Å². The Morgan fingerprint density at radius 3 is 2.73 bits per heavy atom. The van der Waals surface area contributed by atoms with Gasteiger partial charge in [-0.1, -0.05) is 12.2 Å². The number of ether oxygens (including phenoxy) is 3. The number of aliphatic hydroxyl groups is 3. The van der Waals surface area contributed by atoms with E-state index in [4.69, 9.17) is 14.2 Å². The van der Waals surface area contributed by atoms with Crippen LogP contribution in [0.15, 0.2) is 23.8 Å². The highest BCUT2D eigenvalue weighted by Gasteiger charge is 2.54. The van der Waals surface area contributed by atoms with Crippen LogP contribution in [0.4, 0.5) is 0 Å². The molecule has 1 aliphatic carbocycles. The molecule has 0 aromatic rings. The monoisotopic (exact) mass is 366 g/mol. The van der Waals surface area contributed by atoms with Gasteiger partial charge in [-0.2, -0.15) is 0 Å². The molecule has 0 radical (unpaired) electrons. The molecule has 0 aromatic carbocycles. The summed E-state index contributed by atoms with van der Waals surface area (Å²) in [5.74, 6) is 0.308. The molecule has 2 saturated heterocycles. The van der Waals surface area contributed by atoms with Crippen molar-refractivity contribution in [2.45, 2.75) is 81.9 Å². The highest BCUT2D eigenvalue weighted by molar-refractivity contribution is 5.27. The molecule has 0 aromatic heterocycles. The summed E-state index contributed by atoms with van der Waals surface area (Å²) in [4.78, 5) is 0. The van der Waals surface area contributed by atoms with Gasteiger partial charge in [-0.05, 0) is 57.6 Å². The van der Waals surface area contributed by atoms with E-state index in [2.05, 4.69) is 6.58 Å². The molecule has 1 unspecified atom stereocenters. The van der Waals surface area contributed by atoms with Gasteiger partial charge in [0.25, 0.3) is 0 Å². The molecule has 4 aliphatic rings. The Morgan fingerprint density at radius 1 is 1.31 bits per heavy atom. The zero-order valence-corrected chi connectivity index (χ0v) is 15.7. The van der Waals surface area contributed by atoms with Gasteiger partial charge in [0.1, 0.15) is 18.3 Å². The lowest BCUT2D eigenvalue weighted by Gasteiger charge is -2.38. The van der Waals surface area contributed by atoms with Crippen LogP contribution < -0.4 is 0 Å². The minimum absolute atomic E-state index is 0.0486. The fourth-order valence-electron chi connectivity index (χ4n) is 4.68. The van der Waals surface area contributed by atoms with Crippen LogP contribution in [0.3, 0.4) is 0 Å². The summed E-state index contributed by atoms with van der Waals surface area (Å²) >= 11 is 0. The van der Waals surface area contributed by atoms with Crippen LogP contribution in [0.1, 0.15) is 40.0 Å². The van der Waals surface area contributed by atoms with E-state index in [-0.39, 0.29) is 24.0 Å². The summed E-state index contributed by atoms with van der Waals surface area (Å²) in [5, 5.41) is 31.3. The number of hydrogen-bond acceptors (Lipinski definition) is 6. The molecule has 0 amide bonds. The summed E-state index contributed by atoms with van der Waals surface area (Å²) in [6, 6.07) is 0. The first kappa shape index (κ1) is 18.6. The first-order valence-electron chi connectivity index (χ1n) is 9.52. The summed E-state index contributed by atoms with van der Waals surface area (Å²) in [5.41, 5.74) is -0.0208. The number of fused-ring (bicyclic) bond motifs is 4. The maximum absolute atomic E-state index is 10.8. The average molecular weight is 366 g/mol. The molecule has 1 saturated carbocycles. The lowest BCUT2D eigenvalue weighted by molar-refractivity contribution is -0.188. The molecule has 6 nitrogen and oxygen atoms in total. The Bertz CT molecular complexity index is 618. The van der Waals surface area contributed by atoms with E-state index in [1.165, 1.54) is 0 Å². The fourth-order valence-corrected chi connectivity index (χ4v) is 4.68. The van der Waals surface area contributed by atoms with E-state index in [9.17, 15) is 15.3 Å². The molecule has 6 heteroatoms. The van der Waals surface area contributed by atoms with Crippen LogP contribution >= 0.6 is 0 Å². The van der Waals surface area contributed by atoms with Crippen LogP contribution in [0.5, 0.6) is 0 Å². The number of epoxide rings is 1. The Balaban J connectivity index is 1.60.